The zero-order chi connectivity index (χ0) is 14.6. The van der Waals surface area contributed by atoms with Crippen molar-refractivity contribution < 1.29 is 4.74 Å². The molecule has 1 aromatic rings. The molecular formula is C19H28O. The van der Waals surface area contributed by atoms with Gasteiger partial charge in [-0.1, -0.05) is 38.5 Å². The summed E-state index contributed by atoms with van der Waals surface area (Å²) in [6, 6.07) is 8.41. The molecule has 1 unspecified atom stereocenters. The van der Waals surface area contributed by atoms with Crippen LogP contribution in [0.5, 0.6) is 5.75 Å². The topological polar surface area (TPSA) is 9.23 Å². The first kappa shape index (κ1) is 15.2. The maximum absolute atomic E-state index is 5.76. The van der Waals surface area contributed by atoms with Crippen molar-refractivity contribution in [2.24, 2.45) is 11.3 Å². The second-order valence-corrected chi connectivity index (χ2v) is 6.79. The van der Waals surface area contributed by atoms with Gasteiger partial charge in [0.05, 0.1) is 0 Å². The Morgan fingerprint density at radius 3 is 2.50 bits per heavy atom. The van der Waals surface area contributed by atoms with E-state index < -0.39 is 0 Å². The van der Waals surface area contributed by atoms with E-state index in [1.807, 2.05) is 0 Å². The third-order valence-electron chi connectivity index (χ3n) is 4.62. The standard InChI is InChI=1S/C19H28O/c1-5-16-7-10-18(11-8-16)20-13-12-15(2)6-9-17-14-19(17,3)4/h7-8,10-12,17H,5-6,9,13-14H2,1-4H3. The van der Waals surface area contributed by atoms with Gasteiger partial charge < -0.3 is 4.74 Å². The van der Waals surface area contributed by atoms with E-state index in [2.05, 4.69) is 58.0 Å². The highest BCUT2D eigenvalue weighted by Gasteiger charge is 2.44. The van der Waals surface area contributed by atoms with Crippen molar-refractivity contribution in [2.75, 3.05) is 6.61 Å². The normalized spacial score (nSPS) is 20.8. The van der Waals surface area contributed by atoms with Gasteiger partial charge in [-0.2, -0.15) is 0 Å². The summed E-state index contributed by atoms with van der Waals surface area (Å²) in [7, 11) is 0. The first-order chi connectivity index (χ1) is 9.51. The molecule has 1 fully saturated rings. The van der Waals surface area contributed by atoms with E-state index in [1.54, 1.807) is 0 Å². The zero-order valence-corrected chi connectivity index (χ0v) is 13.4. The summed E-state index contributed by atoms with van der Waals surface area (Å²) in [6.45, 7) is 9.83. The van der Waals surface area contributed by atoms with Gasteiger partial charge in [-0.15, -0.1) is 0 Å². The van der Waals surface area contributed by atoms with E-state index in [1.165, 1.54) is 30.4 Å². The van der Waals surface area contributed by atoms with Gasteiger partial charge in [-0.25, -0.2) is 0 Å². The number of allylic oxidation sites excluding steroid dienone is 1. The van der Waals surface area contributed by atoms with Crippen molar-refractivity contribution in [1.29, 1.82) is 0 Å². The Morgan fingerprint density at radius 1 is 1.30 bits per heavy atom. The fraction of sp³-hybridized carbons (Fsp3) is 0.579. The Labute approximate surface area is 124 Å². The summed E-state index contributed by atoms with van der Waals surface area (Å²) in [5.74, 6) is 1.91. The van der Waals surface area contributed by atoms with Crippen molar-refractivity contribution in [3.8, 4) is 5.75 Å². The maximum Gasteiger partial charge on any atom is 0.119 e. The quantitative estimate of drug-likeness (QED) is 0.604. The van der Waals surface area contributed by atoms with Crippen LogP contribution in [0, 0.1) is 11.3 Å². The molecule has 0 radical (unpaired) electrons. The van der Waals surface area contributed by atoms with Crippen LogP contribution in [0.1, 0.15) is 52.5 Å². The molecule has 1 saturated carbocycles. The largest absolute Gasteiger partial charge is 0.490 e. The maximum atomic E-state index is 5.76. The lowest BCUT2D eigenvalue weighted by molar-refractivity contribution is 0.361. The van der Waals surface area contributed by atoms with Crippen LogP contribution < -0.4 is 4.74 Å². The van der Waals surface area contributed by atoms with Gasteiger partial charge in [-0.05, 0) is 67.7 Å². The van der Waals surface area contributed by atoms with Gasteiger partial charge in [-0.3, -0.25) is 0 Å². The summed E-state index contributed by atoms with van der Waals surface area (Å²) in [6.07, 6.45) is 7.26. The summed E-state index contributed by atoms with van der Waals surface area (Å²) in [4.78, 5) is 0. The molecule has 0 N–H and O–H groups in total. The first-order valence-corrected chi connectivity index (χ1v) is 7.88. The summed E-state index contributed by atoms with van der Waals surface area (Å²) < 4.78 is 5.76. The highest BCUT2D eigenvalue weighted by Crippen LogP contribution is 2.54. The van der Waals surface area contributed by atoms with E-state index in [9.17, 15) is 0 Å². The molecule has 0 saturated heterocycles. The van der Waals surface area contributed by atoms with Crippen molar-refractivity contribution >= 4 is 0 Å². The van der Waals surface area contributed by atoms with Crippen molar-refractivity contribution in [3.63, 3.8) is 0 Å². The van der Waals surface area contributed by atoms with Gasteiger partial charge in [0.25, 0.3) is 0 Å². The second kappa shape index (κ2) is 6.47. The van der Waals surface area contributed by atoms with Crippen LogP contribution in [0.25, 0.3) is 0 Å². The molecule has 1 aliphatic rings. The molecule has 110 valence electrons. The molecule has 0 aromatic heterocycles. The molecular weight excluding hydrogens is 244 g/mol. The lowest BCUT2D eigenvalue weighted by Crippen LogP contribution is -1.96. The minimum Gasteiger partial charge on any atom is -0.490 e. The molecule has 0 amide bonds. The molecule has 1 nitrogen and oxygen atoms in total. The number of hydrogen-bond donors (Lipinski definition) is 0. The zero-order valence-electron chi connectivity index (χ0n) is 13.4. The van der Waals surface area contributed by atoms with Crippen molar-refractivity contribution in [1.82, 2.24) is 0 Å². The second-order valence-electron chi connectivity index (χ2n) is 6.79. The van der Waals surface area contributed by atoms with Gasteiger partial charge in [0.2, 0.25) is 0 Å². The molecule has 2 rings (SSSR count). The average Bonchev–Trinajstić information content (AvgIpc) is 3.05. The Morgan fingerprint density at radius 2 is 1.95 bits per heavy atom. The minimum atomic E-state index is 0.609. The van der Waals surface area contributed by atoms with E-state index in [4.69, 9.17) is 4.74 Å². The van der Waals surface area contributed by atoms with Crippen molar-refractivity contribution in [2.45, 2.75) is 53.4 Å². The Balaban J connectivity index is 1.69. The fourth-order valence-electron chi connectivity index (χ4n) is 2.67. The fourth-order valence-corrected chi connectivity index (χ4v) is 2.67. The highest BCUT2D eigenvalue weighted by atomic mass is 16.5. The molecule has 1 atom stereocenters. The summed E-state index contributed by atoms with van der Waals surface area (Å²) in [5, 5.41) is 0. The van der Waals surface area contributed by atoms with Gasteiger partial charge >= 0.3 is 0 Å². The van der Waals surface area contributed by atoms with E-state index in [-0.39, 0.29) is 0 Å². The number of hydrogen-bond acceptors (Lipinski definition) is 1. The lowest BCUT2D eigenvalue weighted by atomic mass is 10.0. The van der Waals surface area contributed by atoms with Crippen LogP contribution in [0.15, 0.2) is 35.9 Å². The molecule has 1 aromatic carbocycles. The molecule has 20 heavy (non-hydrogen) atoms. The monoisotopic (exact) mass is 272 g/mol. The minimum absolute atomic E-state index is 0.609. The van der Waals surface area contributed by atoms with Gasteiger partial charge in [0, 0.05) is 0 Å². The molecule has 0 heterocycles. The van der Waals surface area contributed by atoms with Crippen molar-refractivity contribution in [3.05, 3.63) is 41.5 Å². The molecule has 1 aliphatic carbocycles. The number of aryl methyl sites for hydroxylation is 1. The lowest BCUT2D eigenvalue weighted by Gasteiger charge is -2.06. The third kappa shape index (κ3) is 4.40. The SMILES string of the molecule is CCc1ccc(OCC=C(C)CCC2CC2(C)C)cc1. The van der Waals surface area contributed by atoms with E-state index in [0.29, 0.717) is 12.0 Å². The van der Waals surface area contributed by atoms with Crippen LogP contribution in [-0.2, 0) is 6.42 Å². The van der Waals surface area contributed by atoms with Crippen LogP contribution in [0.3, 0.4) is 0 Å². The molecule has 0 bridgehead atoms. The third-order valence-corrected chi connectivity index (χ3v) is 4.62. The highest BCUT2D eigenvalue weighted by molar-refractivity contribution is 5.27. The van der Waals surface area contributed by atoms with E-state index >= 15 is 0 Å². The number of ether oxygens (including phenoxy) is 1. The number of rotatable bonds is 7. The Bertz CT molecular complexity index is 453. The van der Waals surface area contributed by atoms with Gasteiger partial charge in [0.15, 0.2) is 0 Å². The Kier molecular flexibility index (Phi) is 4.91. The molecule has 1 heteroatoms. The van der Waals surface area contributed by atoms with Crippen LogP contribution >= 0.6 is 0 Å². The summed E-state index contributed by atoms with van der Waals surface area (Å²) in [5.41, 5.74) is 3.42. The van der Waals surface area contributed by atoms with Crippen LogP contribution in [0.4, 0.5) is 0 Å². The Hall–Kier alpha value is -1.24. The van der Waals surface area contributed by atoms with Crippen LogP contribution in [0.2, 0.25) is 0 Å². The first-order valence-electron chi connectivity index (χ1n) is 7.88. The molecule has 0 spiro atoms. The average molecular weight is 272 g/mol. The molecule has 0 aliphatic heterocycles. The number of benzene rings is 1. The predicted octanol–water partition coefficient (Wildman–Crippen LogP) is 5.40. The van der Waals surface area contributed by atoms with Gasteiger partial charge in [0.1, 0.15) is 12.4 Å². The van der Waals surface area contributed by atoms with Crippen LogP contribution in [-0.4, -0.2) is 6.61 Å². The summed E-state index contributed by atoms with van der Waals surface area (Å²) >= 11 is 0. The van der Waals surface area contributed by atoms with E-state index in [0.717, 1.165) is 18.1 Å². The smallest absolute Gasteiger partial charge is 0.119 e. The predicted molar refractivity (Wildman–Crippen MR) is 86.2 cm³/mol.